The minimum Gasteiger partial charge on any atom is -0.405 e. The smallest absolute Gasteiger partial charge is 0.247 e. The van der Waals surface area contributed by atoms with Gasteiger partial charge < -0.3 is 9.74 Å². The summed E-state index contributed by atoms with van der Waals surface area (Å²) in [6, 6.07) is 0. The zero-order chi connectivity index (χ0) is 24.8. The first-order valence-electron chi connectivity index (χ1n) is 13.2. The van der Waals surface area contributed by atoms with Crippen LogP contribution in [0.5, 0.6) is 0 Å². The van der Waals surface area contributed by atoms with E-state index < -0.39 is 8.32 Å². The van der Waals surface area contributed by atoms with Crippen molar-refractivity contribution in [3.05, 3.63) is 6.42 Å². The Labute approximate surface area is 205 Å². The van der Waals surface area contributed by atoms with Gasteiger partial charge in [-0.25, -0.2) is 0 Å². The normalized spacial score (nSPS) is 15.8. The van der Waals surface area contributed by atoms with Crippen molar-refractivity contribution in [3.63, 3.8) is 0 Å². The Morgan fingerprint density at radius 2 is 1.73 bits per heavy atom. The van der Waals surface area contributed by atoms with Gasteiger partial charge in [0.15, 0.2) is 14.0 Å². The molecule has 0 aromatic carbocycles. The molecule has 0 spiro atoms. The standard InChI is InChI=1S/C27H50N3O2Si/c1-8-10-12-13-14-15-16-17-18-19-20-24(32-33(6,7)26(3,4)5)25(31)28-23-22-27(29-30-27)21-11-9-2/h2,15,24H,8,10-14,16-23H2,1,3-7H3,(H,28,31)/t24-/m1/s1. The highest BCUT2D eigenvalue weighted by Gasteiger charge is 2.41. The number of carbonyl (C=O) groups excluding carboxylic acids is 1. The van der Waals surface area contributed by atoms with Crippen LogP contribution in [-0.2, 0) is 9.22 Å². The summed E-state index contributed by atoms with van der Waals surface area (Å²) in [4.78, 5) is 13.0. The fraction of sp³-hybridized carbons (Fsp3) is 0.852. The van der Waals surface area contributed by atoms with Crippen molar-refractivity contribution in [1.82, 2.24) is 5.32 Å². The van der Waals surface area contributed by atoms with Crippen molar-refractivity contribution < 1.29 is 9.22 Å². The molecule has 0 bridgehead atoms. The molecule has 1 heterocycles. The molecule has 1 atom stereocenters. The number of nitrogens with zero attached hydrogens (tertiary/aromatic N) is 2. The first-order valence-corrected chi connectivity index (χ1v) is 16.1. The number of rotatable bonds is 19. The van der Waals surface area contributed by atoms with E-state index in [1.807, 2.05) is 0 Å². The number of carbonyl (C=O) groups is 1. The van der Waals surface area contributed by atoms with Crippen molar-refractivity contribution >= 4 is 14.2 Å². The van der Waals surface area contributed by atoms with Crippen LogP contribution < -0.4 is 5.32 Å². The van der Waals surface area contributed by atoms with Gasteiger partial charge in [-0.1, -0.05) is 85.5 Å². The lowest BCUT2D eigenvalue weighted by molar-refractivity contribution is -0.128. The van der Waals surface area contributed by atoms with Gasteiger partial charge in [-0.15, -0.1) is 12.3 Å². The fourth-order valence-corrected chi connectivity index (χ4v) is 4.89. The minimum absolute atomic E-state index is 0.00932. The Bertz CT molecular complexity index is 628. The Balaban J connectivity index is 2.43. The number of hydrogen-bond acceptors (Lipinski definition) is 4. The third kappa shape index (κ3) is 12.2. The zero-order valence-electron chi connectivity index (χ0n) is 22.3. The molecule has 1 aliphatic rings. The van der Waals surface area contributed by atoms with Crippen LogP contribution >= 0.6 is 0 Å². The molecule has 189 valence electrons. The van der Waals surface area contributed by atoms with E-state index >= 15 is 0 Å². The third-order valence-electron chi connectivity index (χ3n) is 7.05. The van der Waals surface area contributed by atoms with Crippen LogP contribution in [0.2, 0.25) is 18.1 Å². The fourth-order valence-electron chi connectivity index (χ4n) is 3.60. The van der Waals surface area contributed by atoms with Crippen molar-refractivity contribution in [2.75, 3.05) is 6.54 Å². The van der Waals surface area contributed by atoms with E-state index in [4.69, 9.17) is 10.8 Å². The van der Waals surface area contributed by atoms with E-state index in [0.717, 1.165) is 25.7 Å². The Morgan fingerprint density at radius 3 is 2.27 bits per heavy atom. The van der Waals surface area contributed by atoms with E-state index in [0.29, 0.717) is 19.4 Å². The van der Waals surface area contributed by atoms with Gasteiger partial charge in [0.05, 0.1) is 0 Å². The molecule has 0 aromatic heterocycles. The molecule has 0 unspecified atom stereocenters. The lowest BCUT2D eigenvalue weighted by atomic mass is 10.0. The van der Waals surface area contributed by atoms with Crippen molar-refractivity contribution in [2.24, 2.45) is 10.2 Å². The molecule has 1 N–H and O–H groups in total. The summed E-state index contributed by atoms with van der Waals surface area (Å²) in [6.07, 6.45) is 21.4. The maximum absolute atomic E-state index is 13.0. The van der Waals surface area contributed by atoms with Crippen LogP contribution in [0.4, 0.5) is 0 Å². The summed E-state index contributed by atoms with van der Waals surface area (Å²) in [5.74, 6) is 2.66. The van der Waals surface area contributed by atoms with Gasteiger partial charge in [0.1, 0.15) is 6.10 Å². The summed E-state index contributed by atoms with van der Waals surface area (Å²) in [6.45, 7) is 13.9. The second kappa shape index (κ2) is 14.9. The Morgan fingerprint density at radius 1 is 1.09 bits per heavy atom. The SMILES string of the molecule is C#CCCC1(CCNC(=O)[C@@H](CCCCC[CH]CCCCCC)O[Si](C)(C)C(C)(C)C)N=N1. The second-order valence-corrected chi connectivity index (χ2v) is 15.8. The lowest BCUT2D eigenvalue weighted by Gasteiger charge is -2.39. The topological polar surface area (TPSA) is 63.0 Å². The first kappa shape index (κ1) is 29.8. The highest BCUT2D eigenvalue weighted by Crippen LogP contribution is 2.38. The van der Waals surface area contributed by atoms with Crippen molar-refractivity contribution in [2.45, 2.75) is 141 Å². The van der Waals surface area contributed by atoms with Gasteiger partial charge in [0.2, 0.25) is 5.91 Å². The molecule has 6 heteroatoms. The largest absolute Gasteiger partial charge is 0.405 e. The summed E-state index contributed by atoms with van der Waals surface area (Å²) in [5.41, 5.74) is -0.359. The molecule has 0 fully saturated rings. The van der Waals surface area contributed by atoms with E-state index in [2.05, 4.69) is 68.7 Å². The second-order valence-electron chi connectivity index (χ2n) is 11.1. The van der Waals surface area contributed by atoms with E-state index in [1.165, 1.54) is 44.9 Å². The maximum Gasteiger partial charge on any atom is 0.247 e. The third-order valence-corrected chi connectivity index (χ3v) is 11.5. The number of amides is 1. The summed E-state index contributed by atoms with van der Waals surface area (Å²) < 4.78 is 6.56. The molecule has 1 rings (SSSR count). The van der Waals surface area contributed by atoms with Crippen LogP contribution in [0.15, 0.2) is 10.2 Å². The number of unbranched alkanes of at least 4 members (excludes halogenated alkanes) is 9. The lowest BCUT2D eigenvalue weighted by Crippen LogP contribution is -2.49. The van der Waals surface area contributed by atoms with Crippen LogP contribution in [0.3, 0.4) is 0 Å². The first-order chi connectivity index (χ1) is 15.6. The van der Waals surface area contributed by atoms with Crippen molar-refractivity contribution in [3.8, 4) is 12.3 Å². The number of nitrogens with one attached hydrogen (secondary N) is 1. The molecule has 0 aromatic rings. The van der Waals surface area contributed by atoms with Crippen molar-refractivity contribution in [1.29, 1.82) is 0 Å². The van der Waals surface area contributed by atoms with Crippen LogP contribution in [0, 0.1) is 18.8 Å². The van der Waals surface area contributed by atoms with Gasteiger partial charge in [-0.3, -0.25) is 4.79 Å². The Hall–Kier alpha value is -1.19. The molecular weight excluding hydrogens is 426 g/mol. The zero-order valence-corrected chi connectivity index (χ0v) is 23.3. The van der Waals surface area contributed by atoms with E-state index in [-0.39, 0.29) is 22.7 Å². The molecular formula is C27H50N3O2Si. The molecule has 0 saturated heterocycles. The van der Waals surface area contributed by atoms with E-state index in [1.54, 1.807) is 0 Å². The number of hydrogen-bond donors (Lipinski definition) is 1. The molecule has 1 amide bonds. The molecule has 1 aliphatic heterocycles. The molecule has 5 nitrogen and oxygen atoms in total. The highest BCUT2D eigenvalue weighted by molar-refractivity contribution is 6.74. The summed E-state index contributed by atoms with van der Waals surface area (Å²) in [5, 5.41) is 11.5. The van der Waals surface area contributed by atoms with Gasteiger partial charge >= 0.3 is 0 Å². The maximum atomic E-state index is 13.0. The minimum atomic E-state index is -2.04. The monoisotopic (exact) mass is 476 g/mol. The van der Waals surface area contributed by atoms with Gasteiger partial charge in [-0.2, -0.15) is 10.2 Å². The summed E-state index contributed by atoms with van der Waals surface area (Å²) >= 11 is 0. The Kier molecular flexibility index (Phi) is 13.5. The van der Waals surface area contributed by atoms with Crippen LogP contribution in [-0.4, -0.2) is 32.5 Å². The molecule has 1 radical (unpaired) electrons. The van der Waals surface area contributed by atoms with Crippen LogP contribution in [0.25, 0.3) is 0 Å². The van der Waals surface area contributed by atoms with E-state index in [9.17, 15) is 4.79 Å². The molecule has 33 heavy (non-hydrogen) atoms. The summed E-state index contributed by atoms with van der Waals surface area (Å²) in [7, 11) is -2.04. The average molecular weight is 477 g/mol. The molecule has 0 saturated carbocycles. The van der Waals surface area contributed by atoms with Gasteiger partial charge in [0, 0.05) is 25.8 Å². The predicted octanol–water partition coefficient (Wildman–Crippen LogP) is 7.58. The average Bonchev–Trinajstić information content (AvgIpc) is 3.51. The van der Waals surface area contributed by atoms with Gasteiger partial charge in [0.25, 0.3) is 0 Å². The van der Waals surface area contributed by atoms with Crippen LogP contribution in [0.1, 0.15) is 111 Å². The quantitative estimate of drug-likeness (QED) is 0.119. The van der Waals surface area contributed by atoms with Gasteiger partial charge in [-0.05, 0) is 31.0 Å². The number of terminal acetylenes is 1. The molecule has 0 aliphatic carbocycles. The predicted molar refractivity (Wildman–Crippen MR) is 141 cm³/mol. The highest BCUT2D eigenvalue weighted by atomic mass is 28.4.